The molecule has 10 heteroatoms. The second kappa shape index (κ2) is 8.10. The molecule has 0 aliphatic carbocycles. The SMILES string of the molecule is O=C(Nc1ccc(-c2ccc3nnc(-c4cccnc4)n3n2)cc1)c1cc(-c2ccco2)[nH]n1. The zero-order valence-electron chi connectivity index (χ0n) is 17.6. The van der Waals surface area contributed by atoms with E-state index >= 15 is 0 Å². The first kappa shape index (κ1) is 19.6. The van der Waals surface area contributed by atoms with Crippen LogP contribution in [-0.2, 0) is 0 Å². The number of hydrogen-bond acceptors (Lipinski definition) is 7. The summed E-state index contributed by atoms with van der Waals surface area (Å²) in [5.41, 5.74) is 4.62. The van der Waals surface area contributed by atoms with Crippen LogP contribution in [-0.4, -0.2) is 40.9 Å². The lowest BCUT2D eigenvalue weighted by molar-refractivity contribution is 0.102. The predicted octanol–water partition coefficient (Wildman–Crippen LogP) is 4.09. The molecule has 6 rings (SSSR count). The van der Waals surface area contributed by atoms with Crippen molar-refractivity contribution in [3.8, 4) is 34.1 Å². The molecular formula is C24H16N8O2. The number of nitrogens with zero attached hydrogens (tertiary/aromatic N) is 6. The molecule has 0 unspecified atom stereocenters. The number of amides is 1. The minimum absolute atomic E-state index is 0.262. The summed E-state index contributed by atoms with van der Waals surface area (Å²) in [6.45, 7) is 0. The van der Waals surface area contributed by atoms with Crippen LogP contribution in [0.2, 0.25) is 0 Å². The standard InChI is InChI=1S/C24H16N8O2/c33-24(20-13-19(27-28-20)21-4-2-12-34-21)26-17-7-5-15(6-8-17)18-9-10-22-29-30-23(32(22)31-18)16-3-1-11-25-14-16/h1-14H,(H,26,33)(H,27,28). The smallest absolute Gasteiger partial charge is 0.276 e. The van der Waals surface area contributed by atoms with E-state index in [1.807, 2.05) is 48.5 Å². The fourth-order valence-electron chi connectivity index (χ4n) is 3.53. The quantitative estimate of drug-likeness (QED) is 0.407. The molecule has 2 N–H and O–H groups in total. The van der Waals surface area contributed by atoms with Crippen molar-refractivity contribution in [1.82, 2.24) is 35.0 Å². The first-order valence-corrected chi connectivity index (χ1v) is 10.4. The molecule has 6 aromatic rings. The number of fused-ring (bicyclic) bond motifs is 1. The second-order valence-electron chi connectivity index (χ2n) is 7.43. The number of carbonyl (C=O) groups is 1. The summed E-state index contributed by atoms with van der Waals surface area (Å²) < 4.78 is 7.01. The maximum absolute atomic E-state index is 12.6. The van der Waals surface area contributed by atoms with Gasteiger partial charge in [-0.2, -0.15) is 14.7 Å². The summed E-state index contributed by atoms with van der Waals surface area (Å²) in [4.78, 5) is 16.7. The summed E-state index contributed by atoms with van der Waals surface area (Å²) in [5, 5.41) is 22.8. The number of carbonyl (C=O) groups excluding carboxylic acids is 1. The molecular weight excluding hydrogens is 432 g/mol. The molecule has 0 bridgehead atoms. The Labute approximate surface area is 192 Å². The Hall–Kier alpha value is -5.12. The molecule has 1 aromatic carbocycles. The van der Waals surface area contributed by atoms with Gasteiger partial charge in [0.1, 0.15) is 5.69 Å². The number of nitrogens with one attached hydrogen (secondary N) is 2. The van der Waals surface area contributed by atoms with Gasteiger partial charge < -0.3 is 9.73 Å². The molecule has 1 amide bonds. The van der Waals surface area contributed by atoms with Crippen molar-refractivity contribution in [2.45, 2.75) is 0 Å². The van der Waals surface area contributed by atoms with E-state index in [0.717, 1.165) is 16.8 Å². The monoisotopic (exact) mass is 448 g/mol. The van der Waals surface area contributed by atoms with Crippen molar-refractivity contribution in [2.24, 2.45) is 0 Å². The number of rotatable bonds is 5. The molecule has 10 nitrogen and oxygen atoms in total. The molecule has 0 aliphatic heterocycles. The number of H-pyrrole nitrogens is 1. The van der Waals surface area contributed by atoms with Crippen LogP contribution in [0.15, 0.2) is 89.8 Å². The van der Waals surface area contributed by atoms with E-state index in [2.05, 4.69) is 30.7 Å². The summed E-state index contributed by atoms with van der Waals surface area (Å²) in [6.07, 6.45) is 4.99. The van der Waals surface area contributed by atoms with Gasteiger partial charge in [0.05, 0.1) is 12.0 Å². The lowest BCUT2D eigenvalue weighted by Crippen LogP contribution is -2.12. The third-order valence-corrected chi connectivity index (χ3v) is 5.22. The lowest BCUT2D eigenvalue weighted by Gasteiger charge is -2.06. The Morgan fingerprint density at radius 3 is 2.68 bits per heavy atom. The fraction of sp³-hybridized carbons (Fsp3) is 0. The van der Waals surface area contributed by atoms with Gasteiger partial charge in [0.15, 0.2) is 22.9 Å². The second-order valence-corrected chi connectivity index (χ2v) is 7.43. The predicted molar refractivity (Wildman–Crippen MR) is 124 cm³/mol. The molecule has 0 atom stereocenters. The molecule has 5 aromatic heterocycles. The highest BCUT2D eigenvalue weighted by atomic mass is 16.3. The highest BCUT2D eigenvalue weighted by Crippen LogP contribution is 2.23. The number of furan rings is 1. The van der Waals surface area contributed by atoms with Crippen LogP contribution < -0.4 is 5.32 Å². The van der Waals surface area contributed by atoms with E-state index in [0.29, 0.717) is 28.6 Å². The molecule has 0 saturated carbocycles. The maximum atomic E-state index is 12.6. The first-order chi connectivity index (χ1) is 16.7. The Morgan fingerprint density at radius 2 is 1.88 bits per heavy atom. The summed E-state index contributed by atoms with van der Waals surface area (Å²) in [6, 6.07) is 20.1. The van der Waals surface area contributed by atoms with Crippen molar-refractivity contribution in [1.29, 1.82) is 0 Å². The molecule has 0 fully saturated rings. The van der Waals surface area contributed by atoms with Gasteiger partial charge in [-0.05, 0) is 48.5 Å². The molecule has 0 saturated heterocycles. The summed E-state index contributed by atoms with van der Waals surface area (Å²) >= 11 is 0. The van der Waals surface area contributed by atoms with Crippen molar-refractivity contribution in [2.75, 3.05) is 5.32 Å². The van der Waals surface area contributed by atoms with Crippen LogP contribution in [0.3, 0.4) is 0 Å². The Kier molecular flexibility index (Phi) is 4.66. The van der Waals surface area contributed by atoms with Crippen molar-refractivity contribution < 1.29 is 9.21 Å². The highest BCUT2D eigenvalue weighted by Gasteiger charge is 2.14. The Balaban J connectivity index is 1.22. The van der Waals surface area contributed by atoms with Gasteiger partial charge in [-0.3, -0.25) is 14.9 Å². The van der Waals surface area contributed by atoms with E-state index in [1.165, 1.54) is 0 Å². The number of anilines is 1. The van der Waals surface area contributed by atoms with Crippen LogP contribution in [0.1, 0.15) is 10.5 Å². The van der Waals surface area contributed by atoms with Crippen molar-refractivity contribution >= 4 is 17.2 Å². The van der Waals surface area contributed by atoms with Gasteiger partial charge >= 0.3 is 0 Å². The van der Waals surface area contributed by atoms with Gasteiger partial charge in [-0.15, -0.1) is 10.2 Å². The molecule has 0 aliphatic rings. The minimum Gasteiger partial charge on any atom is -0.463 e. The van der Waals surface area contributed by atoms with Gasteiger partial charge in [0.2, 0.25) is 0 Å². The number of aromatic amines is 1. The Morgan fingerprint density at radius 1 is 0.971 bits per heavy atom. The molecule has 5 heterocycles. The number of aromatic nitrogens is 7. The molecule has 34 heavy (non-hydrogen) atoms. The molecule has 164 valence electrons. The van der Waals surface area contributed by atoms with Crippen LogP contribution in [0, 0.1) is 0 Å². The normalized spacial score (nSPS) is 11.1. The molecule has 0 radical (unpaired) electrons. The van der Waals surface area contributed by atoms with Gasteiger partial charge in [-0.1, -0.05) is 12.1 Å². The lowest BCUT2D eigenvalue weighted by atomic mass is 10.1. The van der Waals surface area contributed by atoms with Crippen LogP contribution in [0.25, 0.3) is 39.7 Å². The van der Waals surface area contributed by atoms with Crippen molar-refractivity contribution in [3.05, 3.63) is 91.1 Å². The van der Waals surface area contributed by atoms with E-state index in [4.69, 9.17) is 9.52 Å². The topological polar surface area (TPSA) is 127 Å². The maximum Gasteiger partial charge on any atom is 0.276 e. The zero-order chi connectivity index (χ0) is 22.9. The van der Waals surface area contributed by atoms with E-state index < -0.39 is 0 Å². The Bertz CT molecular complexity index is 1590. The minimum atomic E-state index is -0.327. The summed E-state index contributed by atoms with van der Waals surface area (Å²) in [7, 11) is 0. The third-order valence-electron chi connectivity index (χ3n) is 5.22. The van der Waals surface area contributed by atoms with Gasteiger partial charge in [0.25, 0.3) is 5.91 Å². The first-order valence-electron chi connectivity index (χ1n) is 10.4. The molecule has 0 spiro atoms. The van der Waals surface area contributed by atoms with E-state index in [9.17, 15) is 4.79 Å². The van der Waals surface area contributed by atoms with E-state index in [-0.39, 0.29) is 11.6 Å². The largest absolute Gasteiger partial charge is 0.463 e. The number of benzene rings is 1. The average molecular weight is 448 g/mol. The van der Waals surface area contributed by atoms with Gasteiger partial charge in [-0.25, -0.2) is 0 Å². The van der Waals surface area contributed by atoms with E-state index in [1.54, 1.807) is 41.4 Å². The van der Waals surface area contributed by atoms with Crippen LogP contribution >= 0.6 is 0 Å². The fourth-order valence-corrected chi connectivity index (χ4v) is 3.53. The number of hydrogen-bond donors (Lipinski definition) is 2. The average Bonchev–Trinajstić information content (AvgIpc) is 3.65. The van der Waals surface area contributed by atoms with Crippen molar-refractivity contribution in [3.63, 3.8) is 0 Å². The van der Waals surface area contributed by atoms with Gasteiger partial charge in [0, 0.05) is 35.3 Å². The summed E-state index contributed by atoms with van der Waals surface area (Å²) in [5.74, 6) is 0.897. The van der Waals surface area contributed by atoms with Crippen LogP contribution in [0.5, 0.6) is 0 Å². The third kappa shape index (κ3) is 3.58. The highest BCUT2D eigenvalue weighted by molar-refractivity contribution is 6.03. The van der Waals surface area contributed by atoms with Crippen LogP contribution in [0.4, 0.5) is 5.69 Å². The zero-order valence-corrected chi connectivity index (χ0v) is 17.6. The number of pyridine rings is 1.